The molecule has 150 valence electrons. The Labute approximate surface area is 171 Å². The van der Waals surface area contributed by atoms with Crippen LogP contribution in [0.1, 0.15) is 17.2 Å². The number of carbonyl (C=O) groups excluding carboxylic acids is 2. The van der Waals surface area contributed by atoms with E-state index in [0.29, 0.717) is 5.75 Å². The van der Waals surface area contributed by atoms with Crippen molar-refractivity contribution < 1.29 is 23.8 Å². The summed E-state index contributed by atoms with van der Waals surface area (Å²) < 4.78 is 19.9. The van der Waals surface area contributed by atoms with Crippen molar-refractivity contribution in [2.75, 3.05) is 12.0 Å². The number of benzene rings is 2. The first kappa shape index (κ1) is 19.3. The summed E-state index contributed by atoms with van der Waals surface area (Å²) in [4.78, 5) is 31.1. The molecular weight excluding hydrogens is 387 g/mol. The third-order valence-corrected chi connectivity index (χ3v) is 4.88. The third kappa shape index (κ3) is 3.20. The predicted octanol–water partition coefficient (Wildman–Crippen LogP) is 3.86. The molecular formula is C23H17FN2O4. The number of halogens is 1. The summed E-state index contributed by atoms with van der Waals surface area (Å²) in [5.74, 6) is -2.21. The maximum Gasteiger partial charge on any atom is 0.301 e. The molecule has 2 heterocycles. The van der Waals surface area contributed by atoms with Crippen LogP contribution in [0, 0.1) is 5.82 Å². The minimum Gasteiger partial charge on any atom is -0.507 e. The number of aromatic nitrogens is 1. The average molecular weight is 404 g/mol. The lowest BCUT2D eigenvalue weighted by atomic mass is 9.95. The van der Waals surface area contributed by atoms with Crippen molar-refractivity contribution in [1.29, 1.82) is 0 Å². The number of pyridine rings is 1. The zero-order valence-electron chi connectivity index (χ0n) is 15.9. The largest absolute Gasteiger partial charge is 0.507 e. The zero-order valence-corrected chi connectivity index (χ0v) is 15.9. The minimum absolute atomic E-state index is 0.0757. The van der Waals surface area contributed by atoms with E-state index >= 15 is 0 Å². The molecule has 1 N–H and O–H groups in total. The molecule has 1 fully saturated rings. The Bertz CT molecular complexity index is 1160. The van der Waals surface area contributed by atoms with E-state index in [-0.39, 0.29) is 22.5 Å². The van der Waals surface area contributed by atoms with Gasteiger partial charge in [-0.05, 0) is 30.3 Å². The van der Waals surface area contributed by atoms with Crippen molar-refractivity contribution in [3.63, 3.8) is 0 Å². The molecule has 0 radical (unpaired) electrons. The molecule has 7 heteroatoms. The van der Waals surface area contributed by atoms with Crippen LogP contribution in [0.5, 0.6) is 5.75 Å². The van der Waals surface area contributed by atoms with Gasteiger partial charge < -0.3 is 9.84 Å². The number of anilines is 1. The van der Waals surface area contributed by atoms with Crippen LogP contribution in [0.4, 0.5) is 10.2 Å². The Kier molecular flexibility index (Phi) is 5.02. The number of aliphatic hydroxyl groups is 1. The molecule has 0 bridgehead atoms. The third-order valence-electron chi connectivity index (χ3n) is 4.88. The number of ketones is 1. The highest BCUT2D eigenvalue weighted by Gasteiger charge is 2.48. The smallest absolute Gasteiger partial charge is 0.301 e. The summed E-state index contributed by atoms with van der Waals surface area (Å²) >= 11 is 0. The van der Waals surface area contributed by atoms with Gasteiger partial charge in [-0.15, -0.1) is 0 Å². The fourth-order valence-corrected chi connectivity index (χ4v) is 3.48. The Hall–Kier alpha value is -4.00. The summed E-state index contributed by atoms with van der Waals surface area (Å²) in [6.45, 7) is 0. The van der Waals surface area contributed by atoms with Gasteiger partial charge in [-0.3, -0.25) is 14.5 Å². The fourth-order valence-electron chi connectivity index (χ4n) is 3.48. The quantitative estimate of drug-likeness (QED) is 0.406. The molecule has 0 spiro atoms. The van der Waals surface area contributed by atoms with Gasteiger partial charge in [0.25, 0.3) is 5.78 Å². The van der Waals surface area contributed by atoms with Crippen LogP contribution in [0.2, 0.25) is 0 Å². The maximum atomic E-state index is 14.7. The van der Waals surface area contributed by atoms with Crippen LogP contribution in [0.25, 0.3) is 5.76 Å². The SMILES string of the molecule is COc1cccc(/C(O)=C2\C(=O)C(=O)N(c3ccccn3)[C@@H]2c2ccccc2F)c1. The van der Waals surface area contributed by atoms with Crippen LogP contribution in [-0.4, -0.2) is 28.9 Å². The highest BCUT2D eigenvalue weighted by molar-refractivity contribution is 6.51. The number of Topliss-reactive ketones (excluding diaryl/α,β-unsaturated/α-hetero) is 1. The molecule has 0 saturated carbocycles. The van der Waals surface area contributed by atoms with Gasteiger partial charge in [0.1, 0.15) is 23.1 Å². The Morgan fingerprint density at radius 3 is 2.53 bits per heavy atom. The first-order valence-corrected chi connectivity index (χ1v) is 9.14. The second-order valence-electron chi connectivity index (χ2n) is 6.61. The standard InChI is InChI=1S/C23H17FN2O4/c1-30-15-8-6-7-14(13-15)21(27)19-20(16-9-2-3-10-17(16)24)26(23(29)22(19)28)18-11-4-5-12-25-18/h2-13,20,27H,1H3/b21-19+/t20-/m1/s1. The van der Waals surface area contributed by atoms with E-state index in [4.69, 9.17) is 4.74 Å². The lowest BCUT2D eigenvalue weighted by molar-refractivity contribution is -0.132. The van der Waals surface area contributed by atoms with Crippen LogP contribution in [-0.2, 0) is 9.59 Å². The topological polar surface area (TPSA) is 79.7 Å². The van der Waals surface area contributed by atoms with Gasteiger partial charge in [0, 0.05) is 17.3 Å². The van der Waals surface area contributed by atoms with E-state index in [0.717, 1.165) is 4.90 Å². The van der Waals surface area contributed by atoms with Gasteiger partial charge in [-0.2, -0.15) is 0 Å². The molecule has 4 rings (SSSR count). The van der Waals surface area contributed by atoms with Crippen molar-refractivity contribution in [1.82, 2.24) is 4.98 Å². The normalized spacial score (nSPS) is 17.9. The molecule has 1 aliphatic heterocycles. The van der Waals surface area contributed by atoms with Gasteiger partial charge in [0.05, 0.1) is 18.7 Å². The number of aliphatic hydroxyl groups excluding tert-OH is 1. The summed E-state index contributed by atoms with van der Waals surface area (Å²) in [6, 6.07) is 15.9. The number of hydrogen-bond acceptors (Lipinski definition) is 5. The fraction of sp³-hybridized carbons (Fsp3) is 0.0870. The number of methoxy groups -OCH3 is 1. The van der Waals surface area contributed by atoms with E-state index < -0.39 is 29.3 Å². The van der Waals surface area contributed by atoms with Gasteiger partial charge in [-0.25, -0.2) is 9.37 Å². The molecule has 1 atom stereocenters. The summed E-state index contributed by atoms with van der Waals surface area (Å²) in [5, 5.41) is 11.0. The highest BCUT2D eigenvalue weighted by atomic mass is 19.1. The van der Waals surface area contributed by atoms with Crippen molar-refractivity contribution in [2.45, 2.75) is 6.04 Å². The number of rotatable bonds is 4. The Morgan fingerprint density at radius 2 is 1.83 bits per heavy atom. The summed E-state index contributed by atoms with van der Waals surface area (Å²) in [6.07, 6.45) is 1.47. The van der Waals surface area contributed by atoms with Gasteiger partial charge in [0.15, 0.2) is 0 Å². The molecule has 0 aliphatic carbocycles. The van der Waals surface area contributed by atoms with E-state index in [9.17, 15) is 19.1 Å². The zero-order chi connectivity index (χ0) is 21.3. The minimum atomic E-state index is -1.17. The van der Waals surface area contributed by atoms with E-state index in [1.54, 1.807) is 42.5 Å². The Morgan fingerprint density at radius 1 is 1.07 bits per heavy atom. The maximum absolute atomic E-state index is 14.7. The van der Waals surface area contributed by atoms with Crippen LogP contribution < -0.4 is 9.64 Å². The number of hydrogen-bond donors (Lipinski definition) is 1. The van der Waals surface area contributed by atoms with Crippen molar-refractivity contribution in [3.05, 3.63) is 95.4 Å². The van der Waals surface area contributed by atoms with Crippen molar-refractivity contribution in [3.8, 4) is 5.75 Å². The molecule has 1 aromatic heterocycles. The second-order valence-corrected chi connectivity index (χ2v) is 6.61. The van der Waals surface area contributed by atoms with Crippen LogP contribution in [0.3, 0.4) is 0 Å². The van der Waals surface area contributed by atoms with Crippen molar-refractivity contribution in [2.24, 2.45) is 0 Å². The van der Waals surface area contributed by atoms with Crippen LogP contribution >= 0.6 is 0 Å². The van der Waals surface area contributed by atoms with Crippen molar-refractivity contribution >= 4 is 23.3 Å². The molecule has 3 aromatic rings. The number of nitrogens with zero attached hydrogens (tertiary/aromatic N) is 2. The van der Waals surface area contributed by atoms with Gasteiger partial charge in [-0.1, -0.05) is 36.4 Å². The lowest BCUT2D eigenvalue weighted by Gasteiger charge is -2.24. The van der Waals surface area contributed by atoms with E-state index in [1.165, 1.54) is 37.6 Å². The second kappa shape index (κ2) is 7.79. The molecule has 30 heavy (non-hydrogen) atoms. The molecule has 0 unspecified atom stereocenters. The van der Waals surface area contributed by atoms with Gasteiger partial charge >= 0.3 is 5.91 Å². The average Bonchev–Trinajstić information content (AvgIpc) is 3.04. The predicted molar refractivity (Wildman–Crippen MR) is 108 cm³/mol. The number of carbonyl (C=O) groups is 2. The Balaban J connectivity index is 1.97. The molecule has 1 saturated heterocycles. The van der Waals surface area contributed by atoms with E-state index in [2.05, 4.69) is 4.98 Å². The summed E-state index contributed by atoms with van der Waals surface area (Å²) in [5.41, 5.74) is 0.130. The molecule has 6 nitrogen and oxygen atoms in total. The molecule has 1 aliphatic rings. The number of ether oxygens (including phenoxy) is 1. The first-order chi connectivity index (χ1) is 14.5. The first-order valence-electron chi connectivity index (χ1n) is 9.14. The van der Waals surface area contributed by atoms with Crippen LogP contribution in [0.15, 0.2) is 78.5 Å². The highest BCUT2D eigenvalue weighted by Crippen LogP contribution is 2.42. The van der Waals surface area contributed by atoms with Gasteiger partial charge in [0.2, 0.25) is 0 Å². The van der Waals surface area contributed by atoms with E-state index in [1.807, 2.05) is 0 Å². The monoisotopic (exact) mass is 404 g/mol. The lowest BCUT2D eigenvalue weighted by Crippen LogP contribution is -2.30. The molecule has 1 amide bonds. The summed E-state index contributed by atoms with van der Waals surface area (Å²) in [7, 11) is 1.47. The molecule has 2 aromatic carbocycles. The number of amides is 1.